The Morgan fingerprint density at radius 1 is 1.27 bits per heavy atom. The van der Waals surface area contributed by atoms with Crippen molar-refractivity contribution in [1.29, 1.82) is 0 Å². The molecule has 0 aliphatic carbocycles. The van der Waals surface area contributed by atoms with Crippen LogP contribution in [0.1, 0.15) is 12.8 Å². The first kappa shape index (κ1) is 12.8. The minimum atomic E-state index is -2.12. The summed E-state index contributed by atoms with van der Waals surface area (Å²) in [5.74, 6) is 0. The van der Waals surface area contributed by atoms with E-state index in [4.69, 9.17) is 0 Å². The fraction of sp³-hybridized carbons (Fsp3) is 0.400. The van der Waals surface area contributed by atoms with E-state index in [9.17, 15) is 8.76 Å². The van der Waals surface area contributed by atoms with E-state index in [1.54, 1.807) is 18.2 Å². The van der Waals surface area contributed by atoms with Crippen molar-refractivity contribution in [1.82, 2.24) is 0 Å². The summed E-state index contributed by atoms with van der Waals surface area (Å²) >= 11 is -2.12. The van der Waals surface area contributed by atoms with Crippen LogP contribution in [0.5, 0.6) is 0 Å². The third-order valence-electron chi connectivity index (χ3n) is 2.48. The SMILES string of the molecule is O=S([O-])c1cccc(N2CCCC2)c1.[Li+]. The van der Waals surface area contributed by atoms with Crippen molar-refractivity contribution in [3.05, 3.63) is 24.3 Å². The van der Waals surface area contributed by atoms with Gasteiger partial charge in [0.2, 0.25) is 0 Å². The number of hydrogen-bond donors (Lipinski definition) is 0. The van der Waals surface area contributed by atoms with Gasteiger partial charge >= 0.3 is 18.9 Å². The van der Waals surface area contributed by atoms with Crippen LogP contribution < -0.4 is 23.8 Å². The number of benzene rings is 1. The van der Waals surface area contributed by atoms with Gasteiger partial charge in [0.25, 0.3) is 0 Å². The van der Waals surface area contributed by atoms with Gasteiger partial charge in [-0.1, -0.05) is 6.07 Å². The number of rotatable bonds is 2. The van der Waals surface area contributed by atoms with Gasteiger partial charge in [-0.2, -0.15) is 0 Å². The second-order valence-electron chi connectivity index (χ2n) is 3.43. The molecule has 15 heavy (non-hydrogen) atoms. The quantitative estimate of drug-likeness (QED) is 0.448. The van der Waals surface area contributed by atoms with E-state index in [0.717, 1.165) is 18.8 Å². The standard InChI is InChI=1S/C10H13NO2S.Li/c12-14(13)10-5-3-4-9(8-10)11-6-1-2-7-11;/h3-5,8H,1-2,6-7H2,(H,12,13);/q;+1/p-1. The molecule has 3 nitrogen and oxygen atoms in total. The summed E-state index contributed by atoms with van der Waals surface area (Å²) in [4.78, 5) is 2.59. The second kappa shape index (κ2) is 5.71. The van der Waals surface area contributed by atoms with Crippen molar-refractivity contribution in [2.75, 3.05) is 18.0 Å². The van der Waals surface area contributed by atoms with Crippen LogP contribution in [-0.2, 0) is 11.1 Å². The average Bonchev–Trinajstić information content (AvgIpc) is 2.71. The summed E-state index contributed by atoms with van der Waals surface area (Å²) in [5.41, 5.74) is 1.02. The van der Waals surface area contributed by atoms with Crippen LogP contribution >= 0.6 is 0 Å². The Labute approximate surface area is 104 Å². The molecule has 0 N–H and O–H groups in total. The molecule has 0 aromatic heterocycles. The van der Waals surface area contributed by atoms with Gasteiger partial charge in [-0.25, -0.2) is 0 Å². The summed E-state index contributed by atoms with van der Waals surface area (Å²) in [6.07, 6.45) is 2.40. The zero-order chi connectivity index (χ0) is 9.97. The summed E-state index contributed by atoms with van der Waals surface area (Å²) in [6.45, 7) is 2.07. The van der Waals surface area contributed by atoms with E-state index in [2.05, 4.69) is 4.90 Å². The normalized spacial score (nSPS) is 17.3. The molecule has 1 aromatic carbocycles. The van der Waals surface area contributed by atoms with Crippen molar-refractivity contribution in [2.24, 2.45) is 0 Å². The van der Waals surface area contributed by atoms with Crippen molar-refractivity contribution in [3.8, 4) is 0 Å². The van der Waals surface area contributed by atoms with Gasteiger partial charge in [-0.05, 0) is 42.1 Å². The summed E-state index contributed by atoms with van der Waals surface area (Å²) in [6, 6.07) is 7.09. The van der Waals surface area contributed by atoms with Gasteiger partial charge in [-0.3, -0.25) is 4.21 Å². The second-order valence-corrected chi connectivity index (χ2v) is 4.37. The predicted octanol–water partition coefficient (Wildman–Crippen LogP) is -1.47. The maximum absolute atomic E-state index is 10.7. The molecule has 1 heterocycles. The third-order valence-corrected chi connectivity index (χ3v) is 3.12. The Morgan fingerprint density at radius 3 is 2.53 bits per heavy atom. The van der Waals surface area contributed by atoms with Crippen molar-refractivity contribution in [3.63, 3.8) is 0 Å². The molecular weight excluding hydrogens is 205 g/mol. The Morgan fingerprint density at radius 2 is 1.93 bits per heavy atom. The molecule has 76 valence electrons. The molecule has 1 saturated heterocycles. The molecule has 0 amide bonds. The molecule has 1 fully saturated rings. The van der Waals surface area contributed by atoms with Gasteiger partial charge in [0.05, 0.1) is 0 Å². The monoisotopic (exact) mass is 217 g/mol. The van der Waals surface area contributed by atoms with Gasteiger partial charge in [0.15, 0.2) is 0 Å². The number of hydrogen-bond acceptors (Lipinski definition) is 3. The van der Waals surface area contributed by atoms with E-state index in [-0.39, 0.29) is 18.9 Å². The van der Waals surface area contributed by atoms with Crippen molar-refractivity contribution >= 4 is 16.8 Å². The molecule has 5 heteroatoms. The van der Waals surface area contributed by atoms with E-state index >= 15 is 0 Å². The van der Waals surface area contributed by atoms with Crippen LogP contribution in [0.2, 0.25) is 0 Å². The van der Waals surface area contributed by atoms with Crippen LogP contribution in [-0.4, -0.2) is 21.9 Å². The fourth-order valence-electron chi connectivity index (χ4n) is 1.76. The Hall–Kier alpha value is -0.273. The van der Waals surface area contributed by atoms with Crippen LogP contribution in [0.4, 0.5) is 5.69 Å². The van der Waals surface area contributed by atoms with Gasteiger partial charge in [0, 0.05) is 23.7 Å². The first-order valence-corrected chi connectivity index (χ1v) is 5.79. The minimum Gasteiger partial charge on any atom is -0.768 e. The van der Waals surface area contributed by atoms with E-state index in [1.807, 2.05) is 6.07 Å². The Bertz CT molecular complexity index is 353. The molecule has 0 bridgehead atoms. The summed E-state index contributed by atoms with van der Waals surface area (Å²) < 4.78 is 21.5. The van der Waals surface area contributed by atoms with Gasteiger partial charge < -0.3 is 9.45 Å². The molecule has 0 radical (unpaired) electrons. The maximum Gasteiger partial charge on any atom is 1.00 e. The predicted molar refractivity (Wildman–Crippen MR) is 55.1 cm³/mol. The first-order valence-electron chi connectivity index (χ1n) is 4.71. The van der Waals surface area contributed by atoms with Gasteiger partial charge in [0.1, 0.15) is 0 Å². The van der Waals surface area contributed by atoms with E-state index < -0.39 is 11.1 Å². The summed E-state index contributed by atoms with van der Waals surface area (Å²) in [7, 11) is 0. The Kier molecular flexibility index (Phi) is 4.87. The van der Waals surface area contributed by atoms with Crippen LogP contribution in [0, 0.1) is 0 Å². The smallest absolute Gasteiger partial charge is 0.768 e. The number of nitrogens with zero attached hydrogens (tertiary/aromatic N) is 1. The van der Waals surface area contributed by atoms with Crippen molar-refractivity contribution in [2.45, 2.75) is 17.7 Å². The molecule has 1 unspecified atom stereocenters. The van der Waals surface area contributed by atoms with E-state index in [1.165, 1.54) is 12.8 Å². The average molecular weight is 217 g/mol. The molecule has 1 aliphatic heterocycles. The molecule has 1 atom stereocenters. The fourth-order valence-corrected chi connectivity index (χ4v) is 2.17. The van der Waals surface area contributed by atoms with Crippen molar-refractivity contribution < 1.29 is 27.6 Å². The van der Waals surface area contributed by atoms with Crippen LogP contribution in [0.15, 0.2) is 29.2 Å². The molecule has 2 rings (SSSR count). The van der Waals surface area contributed by atoms with Crippen LogP contribution in [0.3, 0.4) is 0 Å². The maximum atomic E-state index is 10.7. The largest absolute Gasteiger partial charge is 1.00 e. The minimum absolute atomic E-state index is 0. The molecule has 1 aromatic rings. The third kappa shape index (κ3) is 3.09. The molecule has 0 spiro atoms. The molecule has 1 aliphatic rings. The molecular formula is C10H12LiNO2S. The van der Waals surface area contributed by atoms with E-state index in [0.29, 0.717) is 4.90 Å². The Balaban J connectivity index is 0.00000112. The summed E-state index contributed by atoms with van der Waals surface area (Å²) in [5, 5.41) is 0. The number of anilines is 1. The first-order chi connectivity index (χ1) is 6.77. The molecule has 0 saturated carbocycles. The zero-order valence-electron chi connectivity index (χ0n) is 8.81. The van der Waals surface area contributed by atoms with Crippen LogP contribution in [0.25, 0.3) is 0 Å². The zero-order valence-corrected chi connectivity index (χ0v) is 9.63. The van der Waals surface area contributed by atoms with Gasteiger partial charge in [-0.15, -0.1) is 0 Å². The topological polar surface area (TPSA) is 43.4 Å².